The van der Waals surface area contributed by atoms with Crippen LogP contribution in [0.25, 0.3) is 0 Å². The first kappa shape index (κ1) is 16.1. The summed E-state index contributed by atoms with van der Waals surface area (Å²) in [6.45, 7) is 2.36. The third-order valence-electron chi connectivity index (χ3n) is 3.62. The van der Waals surface area contributed by atoms with E-state index in [1.54, 1.807) is 4.90 Å². The van der Waals surface area contributed by atoms with Crippen molar-refractivity contribution in [3.63, 3.8) is 0 Å². The summed E-state index contributed by atoms with van der Waals surface area (Å²) in [6.07, 6.45) is 0.990. The van der Waals surface area contributed by atoms with Crippen molar-refractivity contribution >= 4 is 49.9 Å². The fourth-order valence-electron chi connectivity index (χ4n) is 2.43. The lowest BCUT2D eigenvalue weighted by molar-refractivity contribution is -0.122. The molecule has 6 nitrogen and oxygen atoms in total. The highest BCUT2D eigenvalue weighted by Gasteiger charge is 2.35. The Morgan fingerprint density at radius 3 is 3.00 bits per heavy atom. The van der Waals surface area contributed by atoms with Crippen molar-refractivity contribution in [2.45, 2.75) is 19.8 Å². The Bertz CT molecular complexity index is 749. The van der Waals surface area contributed by atoms with Crippen molar-refractivity contribution < 1.29 is 9.59 Å². The summed E-state index contributed by atoms with van der Waals surface area (Å²) in [4.78, 5) is 26.2. The first-order chi connectivity index (χ1) is 11.1. The van der Waals surface area contributed by atoms with Crippen LogP contribution in [0.4, 0.5) is 10.8 Å². The molecular weight excluding hydrogens is 380 g/mol. The molecule has 0 spiro atoms. The van der Waals surface area contributed by atoms with Crippen LogP contribution >= 0.6 is 27.3 Å². The van der Waals surface area contributed by atoms with Gasteiger partial charge in [-0.15, -0.1) is 10.2 Å². The molecule has 23 heavy (non-hydrogen) atoms. The van der Waals surface area contributed by atoms with E-state index in [2.05, 4.69) is 31.4 Å². The van der Waals surface area contributed by atoms with Gasteiger partial charge in [0.15, 0.2) is 0 Å². The predicted molar refractivity (Wildman–Crippen MR) is 92.5 cm³/mol. The third-order valence-corrected chi connectivity index (χ3v) is 5.09. The van der Waals surface area contributed by atoms with Crippen molar-refractivity contribution in [1.82, 2.24) is 10.2 Å². The van der Waals surface area contributed by atoms with Crippen LogP contribution in [0.1, 0.15) is 18.4 Å². The molecule has 1 unspecified atom stereocenters. The van der Waals surface area contributed by atoms with Gasteiger partial charge >= 0.3 is 0 Å². The second-order valence-corrected chi connectivity index (χ2v) is 7.21. The van der Waals surface area contributed by atoms with E-state index < -0.39 is 0 Å². The Hall–Kier alpha value is -1.80. The predicted octanol–water partition coefficient (Wildman–Crippen LogP) is 2.85. The molecule has 120 valence electrons. The fraction of sp³-hybridized carbons (Fsp3) is 0.333. The number of aromatic nitrogens is 2. The number of carbonyl (C=O) groups excluding carboxylic acids is 2. The summed E-state index contributed by atoms with van der Waals surface area (Å²) in [5.41, 5.74) is 0.795. The molecule has 1 saturated heterocycles. The molecule has 1 aliphatic heterocycles. The number of anilines is 2. The van der Waals surface area contributed by atoms with Gasteiger partial charge in [-0.05, 0) is 24.6 Å². The van der Waals surface area contributed by atoms with Gasteiger partial charge in [0.2, 0.25) is 16.9 Å². The van der Waals surface area contributed by atoms with Gasteiger partial charge in [0.05, 0.1) is 5.92 Å². The number of aryl methyl sites for hydroxylation is 1. The highest BCUT2D eigenvalue weighted by Crippen LogP contribution is 2.28. The third kappa shape index (κ3) is 3.59. The SMILES string of the molecule is CCc1nnc(NC(=O)C2CC(=O)N(c3cccc(Br)c3)C2)s1. The van der Waals surface area contributed by atoms with Crippen molar-refractivity contribution in [3.05, 3.63) is 33.7 Å². The Balaban J connectivity index is 1.68. The van der Waals surface area contributed by atoms with Crippen LogP contribution in [-0.2, 0) is 16.0 Å². The van der Waals surface area contributed by atoms with E-state index in [-0.39, 0.29) is 24.2 Å². The van der Waals surface area contributed by atoms with Crippen LogP contribution < -0.4 is 10.2 Å². The van der Waals surface area contributed by atoms with E-state index >= 15 is 0 Å². The van der Waals surface area contributed by atoms with Crippen LogP contribution in [0.5, 0.6) is 0 Å². The second kappa shape index (κ2) is 6.76. The standard InChI is InChI=1S/C15H15BrN4O2S/c1-2-12-18-19-15(23-12)17-14(22)9-6-13(21)20(8-9)11-5-3-4-10(16)7-11/h3-5,7,9H,2,6,8H2,1H3,(H,17,19,22). The molecule has 1 N–H and O–H groups in total. The molecule has 8 heteroatoms. The van der Waals surface area contributed by atoms with Crippen molar-refractivity contribution in [2.75, 3.05) is 16.8 Å². The maximum atomic E-state index is 12.3. The largest absolute Gasteiger partial charge is 0.312 e. The summed E-state index contributed by atoms with van der Waals surface area (Å²) in [5, 5.41) is 12.0. The molecule has 2 amide bonds. The summed E-state index contributed by atoms with van der Waals surface area (Å²) < 4.78 is 0.900. The average Bonchev–Trinajstić information content (AvgIpc) is 3.13. The van der Waals surface area contributed by atoms with E-state index in [0.717, 1.165) is 21.6 Å². The molecule has 1 fully saturated rings. The molecule has 2 aromatic rings. The zero-order valence-corrected chi connectivity index (χ0v) is 14.9. The smallest absolute Gasteiger partial charge is 0.231 e. The number of carbonyl (C=O) groups is 2. The number of halogens is 1. The van der Waals surface area contributed by atoms with Crippen molar-refractivity contribution in [1.29, 1.82) is 0 Å². The van der Waals surface area contributed by atoms with E-state index in [4.69, 9.17) is 0 Å². The molecular formula is C15H15BrN4O2S. The van der Waals surface area contributed by atoms with E-state index in [1.165, 1.54) is 11.3 Å². The minimum Gasteiger partial charge on any atom is -0.312 e. The summed E-state index contributed by atoms with van der Waals surface area (Å²) in [7, 11) is 0. The molecule has 1 atom stereocenters. The fourth-order valence-corrected chi connectivity index (χ4v) is 3.50. The van der Waals surface area contributed by atoms with Crippen LogP contribution in [-0.4, -0.2) is 28.6 Å². The Labute approximate surface area is 146 Å². The molecule has 0 aliphatic carbocycles. The number of benzene rings is 1. The van der Waals surface area contributed by atoms with Gasteiger partial charge in [-0.3, -0.25) is 9.59 Å². The Morgan fingerprint density at radius 1 is 1.48 bits per heavy atom. The van der Waals surface area contributed by atoms with Gasteiger partial charge < -0.3 is 10.2 Å². The molecule has 0 bridgehead atoms. The molecule has 0 radical (unpaired) electrons. The quantitative estimate of drug-likeness (QED) is 0.864. The first-order valence-electron chi connectivity index (χ1n) is 7.26. The zero-order chi connectivity index (χ0) is 16.4. The molecule has 0 saturated carbocycles. The lowest BCUT2D eigenvalue weighted by Crippen LogP contribution is -2.28. The normalized spacial score (nSPS) is 17.6. The number of hydrogen-bond donors (Lipinski definition) is 1. The average molecular weight is 395 g/mol. The highest BCUT2D eigenvalue weighted by molar-refractivity contribution is 9.10. The number of nitrogens with one attached hydrogen (secondary N) is 1. The topological polar surface area (TPSA) is 75.2 Å². The first-order valence-corrected chi connectivity index (χ1v) is 8.87. The molecule has 1 aromatic heterocycles. The Morgan fingerprint density at radius 2 is 2.30 bits per heavy atom. The van der Waals surface area contributed by atoms with Gasteiger partial charge in [0, 0.05) is 23.1 Å². The second-order valence-electron chi connectivity index (χ2n) is 5.23. The van der Waals surface area contributed by atoms with Gasteiger partial charge in [-0.2, -0.15) is 0 Å². The van der Waals surface area contributed by atoms with Gasteiger partial charge in [-0.1, -0.05) is 40.3 Å². The number of hydrogen-bond acceptors (Lipinski definition) is 5. The summed E-state index contributed by atoms with van der Waals surface area (Å²) in [5.74, 6) is -0.611. The Kier molecular flexibility index (Phi) is 4.72. The van der Waals surface area contributed by atoms with Crippen LogP contribution in [0, 0.1) is 5.92 Å². The van der Waals surface area contributed by atoms with Gasteiger partial charge in [0.1, 0.15) is 5.01 Å². The van der Waals surface area contributed by atoms with Crippen molar-refractivity contribution in [3.8, 4) is 0 Å². The zero-order valence-electron chi connectivity index (χ0n) is 12.5. The van der Waals surface area contributed by atoms with Crippen molar-refractivity contribution in [2.24, 2.45) is 5.92 Å². The van der Waals surface area contributed by atoms with Crippen LogP contribution in [0.3, 0.4) is 0 Å². The highest BCUT2D eigenvalue weighted by atomic mass is 79.9. The maximum Gasteiger partial charge on any atom is 0.231 e. The van der Waals surface area contributed by atoms with Crippen LogP contribution in [0.15, 0.2) is 28.7 Å². The lowest BCUT2D eigenvalue weighted by Gasteiger charge is -2.16. The minimum atomic E-state index is -0.379. The summed E-state index contributed by atoms with van der Waals surface area (Å²) in [6, 6.07) is 7.50. The van der Waals surface area contributed by atoms with Crippen LogP contribution in [0.2, 0.25) is 0 Å². The number of rotatable bonds is 4. The number of amides is 2. The number of nitrogens with zero attached hydrogens (tertiary/aromatic N) is 3. The molecule has 2 heterocycles. The minimum absolute atomic E-state index is 0.0465. The maximum absolute atomic E-state index is 12.3. The van der Waals surface area contributed by atoms with Gasteiger partial charge in [-0.25, -0.2) is 0 Å². The molecule has 1 aliphatic rings. The molecule has 3 rings (SSSR count). The van der Waals surface area contributed by atoms with E-state index in [0.29, 0.717) is 11.7 Å². The lowest BCUT2D eigenvalue weighted by atomic mass is 10.1. The van der Waals surface area contributed by atoms with Gasteiger partial charge in [0.25, 0.3) is 0 Å². The van der Waals surface area contributed by atoms with E-state index in [1.807, 2.05) is 31.2 Å². The molecule has 1 aromatic carbocycles. The summed E-state index contributed by atoms with van der Waals surface area (Å²) >= 11 is 4.76. The monoisotopic (exact) mass is 394 g/mol. The van der Waals surface area contributed by atoms with E-state index in [9.17, 15) is 9.59 Å².